The summed E-state index contributed by atoms with van der Waals surface area (Å²) in [6.07, 6.45) is 1.65. The quantitative estimate of drug-likeness (QED) is 0.654. The van der Waals surface area contributed by atoms with Crippen molar-refractivity contribution in [2.24, 2.45) is 0 Å². The van der Waals surface area contributed by atoms with Crippen molar-refractivity contribution in [3.05, 3.63) is 45.4 Å². The number of benzene rings is 1. The van der Waals surface area contributed by atoms with E-state index >= 15 is 0 Å². The molecule has 7 nitrogen and oxygen atoms in total. The fraction of sp³-hybridized carbons (Fsp3) is 0.235. The number of aromatic nitrogens is 3. The van der Waals surface area contributed by atoms with E-state index in [0.717, 1.165) is 5.56 Å². The Morgan fingerprint density at radius 3 is 2.44 bits per heavy atom. The molecule has 3 rings (SSSR count). The molecular formula is C17H16BrN3O4. The molecule has 0 spiro atoms. The first-order valence-corrected chi connectivity index (χ1v) is 8.28. The van der Waals surface area contributed by atoms with E-state index in [1.165, 1.54) is 18.9 Å². The number of rotatable bonds is 5. The monoisotopic (exact) mass is 405 g/mol. The highest BCUT2D eigenvalue weighted by Crippen LogP contribution is 2.35. The molecular weight excluding hydrogens is 390 g/mol. The highest BCUT2D eigenvalue weighted by atomic mass is 79.9. The molecule has 0 amide bonds. The Labute approximate surface area is 152 Å². The van der Waals surface area contributed by atoms with E-state index in [4.69, 9.17) is 9.47 Å². The average molecular weight is 406 g/mol. The lowest BCUT2D eigenvalue weighted by Crippen LogP contribution is -2.25. The SMILES string of the molecule is COc1cc2c(-c3ccnc(Br)c3)nn(CCO)c(=O)c2cc1OC. The van der Waals surface area contributed by atoms with Crippen LogP contribution in [0.15, 0.2) is 39.9 Å². The van der Waals surface area contributed by atoms with Gasteiger partial charge in [-0.25, -0.2) is 9.67 Å². The second-order valence-corrected chi connectivity index (χ2v) is 6.03. The van der Waals surface area contributed by atoms with E-state index in [0.29, 0.717) is 32.6 Å². The third kappa shape index (κ3) is 3.22. The standard InChI is InChI=1S/C17H16BrN3O4/c1-24-13-8-11-12(9-14(13)25-2)17(23)21(5-6-22)20-16(11)10-3-4-19-15(18)7-10/h3-4,7-9,22H,5-6H2,1-2H3. The lowest BCUT2D eigenvalue weighted by Gasteiger charge is -2.14. The molecule has 0 aliphatic carbocycles. The smallest absolute Gasteiger partial charge is 0.274 e. The lowest BCUT2D eigenvalue weighted by atomic mass is 10.1. The largest absolute Gasteiger partial charge is 0.493 e. The lowest BCUT2D eigenvalue weighted by molar-refractivity contribution is 0.267. The van der Waals surface area contributed by atoms with Gasteiger partial charge in [0.05, 0.1) is 38.5 Å². The van der Waals surface area contributed by atoms with Crippen molar-refractivity contribution in [3.8, 4) is 22.8 Å². The number of ether oxygens (including phenoxy) is 2. The number of methoxy groups -OCH3 is 2. The number of pyridine rings is 1. The van der Waals surface area contributed by atoms with Crippen molar-refractivity contribution < 1.29 is 14.6 Å². The van der Waals surface area contributed by atoms with Crippen molar-refractivity contribution in [1.82, 2.24) is 14.8 Å². The van der Waals surface area contributed by atoms with Gasteiger partial charge in [-0.15, -0.1) is 0 Å². The van der Waals surface area contributed by atoms with Crippen molar-refractivity contribution in [1.29, 1.82) is 0 Å². The van der Waals surface area contributed by atoms with Gasteiger partial charge in [-0.05, 0) is 40.2 Å². The molecule has 1 aromatic carbocycles. The van der Waals surface area contributed by atoms with Crippen LogP contribution in [-0.4, -0.2) is 40.7 Å². The summed E-state index contributed by atoms with van der Waals surface area (Å²) in [7, 11) is 3.05. The summed E-state index contributed by atoms with van der Waals surface area (Å²) in [4.78, 5) is 16.8. The van der Waals surface area contributed by atoms with Crippen molar-refractivity contribution >= 4 is 26.7 Å². The molecule has 130 valence electrons. The third-order valence-electron chi connectivity index (χ3n) is 3.78. The third-order valence-corrected chi connectivity index (χ3v) is 4.21. The van der Waals surface area contributed by atoms with Crippen LogP contribution >= 0.6 is 15.9 Å². The van der Waals surface area contributed by atoms with E-state index in [1.807, 2.05) is 6.07 Å². The van der Waals surface area contributed by atoms with Crippen molar-refractivity contribution in [2.45, 2.75) is 6.54 Å². The van der Waals surface area contributed by atoms with E-state index in [1.54, 1.807) is 24.4 Å². The number of hydrogen-bond donors (Lipinski definition) is 1. The molecule has 0 saturated carbocycles. The van der Waals surface area contributed by atoms with Gasteiger partial charge in [0.15, 0.2) is 11.5 Å². The van der Waals surface area contributed by atoms with Gasteiger partial charge in [-0.2, -0.15) is 5.10 Å². The Kier molecular flexibility index (Phi) is 5.00. The number of nitrogens with zero attached hydrogens (tertiary/aromatic N) is 3. The summed E-state index contributed by atoms with van der Waals surface area (Å²) in [5.41, 5.74) is 1.07. The zero-order chi connectivity index (χ0) is 18.0. The number of aliphatic hydroxyl groups is 1. The Bertz CT molecular complexity index is 988. The first-order chi connectivity index (χ1) is 12.1. The summed E-state index contributed by atoms with van der Waals surface area (Å²) in [5, 5.41) is 14.7. The number of halogens is 1. The molecule has 8 heteroatoms. The molecule has 0 unspecified atom stereocenters. The Morgan fingerprint density at radius 2 is 1.84 bits per heavy atom. The van der Waals surface area contributed by atoms with Crippen LogP contribution in [0.2, 0.25) is 0 Å². The van der Waals surface area contributed by atoms with Gasteiger partial charge in [0.1, 0.15) is 4.60 Å². The Hall–Kier alpha value is -2.45. The molecule has 2 heterocycles. The van der Waals surface area contributed by atoms with Gasteiger partial charge in [0.2, 0.25) is 0 Å². The van der Waals surface area contributed by atoms with Gasteiger partial charge in [-0.3, -0.25) is 4.79 Å². The van der Waals surface area contributed by atoms with Crippen LogP contribution in [0.5, 0.6) is 11.5 Å². The van der Waals surface area contributed by atoms with Crippen molar-refractivity contribution in [2.75, 3.05) is 20.8 Å². The molecule has 1 N–H and O–H groups in total. The molecule has 0 aliphatic rings. The zero-order valence-corrected chi connectivity index (χ0v) is 15.3. The van der Waals surface area contributed by atoms with Crippen LogP contribution in [0.3, 0.4) is 0 Å². The number of hydrogen-bond acceptors (Lipinski definition) is 6. The van der Waals surface area contributed by atoms with Crippen LogP contribution < -0.4 is 15.0 Å². The average Bonchev–Trinajstić information content (AvgIpc) is 2.63. The summed E-state index contributed by atoms with van der Waals surface area (Å²) in [5.74, 6) is 0.959. The highest BCUT2D eigenvalue weighted by Gasteiger charge is 2.16. The predicted molar refractivity (Wildman–Crippen MR) is 97.1 cm³/mol. The zero-order valence-electron chi connectivity index (χ0n) is 13.7. The fourth-order valence-electron chi connectivity index (χ4n) is 2.62. The minimum atomic E-state index is -0.304. The van der Waals surface area contributed by atoms with Gasteiger partial charge in [0.25, 0.3) is 5.56 Å². The van der Waals surface area contributed by atoms with Crippen LogP contribution in [0.4, 0.5) is 0 Å². The summed E-state index contributed by atoms with van der Waals surface area (Å²) >= 11 is 3.35. The molecule has 0 bridgehead atoms. The van der Waals surface area contributed by atoms with Gasteiger partial charge in [-0.1, -0.05) is 0 Å². The Balaban J connectivity index is 2.41. The first kappa shape index (κ1) is 17.4. The second kappa shape index (κ2) is 7.20. The minimum Gasteiger partial charge on any atom is -0.493 e. The van der Waals surface area contributed by atoms with Crippen LogP contribution in [0.25, 0.3) is 22.0 Å². The first-order valence-electron chi connectivity index (χ1n) is 7.48. The molecule has 0 aliphatic heterocycles. The van der Waals surface area contributed by atoms with Crippen LogP contribution in [0, 0.1) is 0 Å². The summed E-state index contributed by atoms with van der Waals surface area (Å²) in [6.45, 7) is -0.0897. The number of fused-ring (bicyclic) bond motifs is 1. The molecule has 2 aromatic heterocycles. The minimum absolute atomic E-state index is 0.0996. The topological polar surface area (TPSA) is 86.5 Å². The van der Waals surface area contributed by atoms with E-state index in [2.05, 4.69) is 26.0 Å². The van der Waals surface area contributed by atoms with E-state index in [9.17, 15) is 9.90 Å². The maximum absolute atomic E-state index is 12.7. The maximum atomic E-state index is 12.7. The molecule has 0 radical (unpaired) electrons. The fourth-order valence-corrected chi connectivity index (χ4v) is 2.98. The second-order valence-electron chi connectivity index (χ2n) is 5.22. The molecule has 0 fully saturated rings. The van der Waals surface area contributed by atoms with Gasteiger partial charge >= 0.3 is 0 Å². The molecule has 25 heavy (non-hydrogen) atoms. The number of aliphatic hydroxyl groups excluding tert-OH is 1. The van der Waals surface area contributed by atoms with Crippen molar-refractivity contribution in [3.63, 3.8) is 0 Å². The maximum Gasteiger partial charge on any atom is 0.274 e. The molecule has 0 atom stereocenters. The molecule has 0 saturated heterocycles. The van der Waals surface area contributed by atoms with Crippen LogP contribution in [0.1, 0.15) is 0 Å². The van der Waals surface area contributed by atoms with Crippen LogP contribution in [-0.2, 0) is 6.54 Å². The predicted octanol–water partition coefficient (Wildman–Crippen LogP) is 2.23. The summed E-state index contributed by atoms with van der Waals surface area (Å²) in [6, 6.07) is 6.98. The molecule has 3 aromatic rings. The van der Waals surface area contributed by atoms with Gasteiger partial charge in [0, 0.05) is 17.1 Å². The van der Waals surface area contributed by atoms with Gasteiger partial charge < -0.3 is 14.6 Å². The summed E-state index contributed by atoms with van der Waals surface area (Å²) < 4.78 is 12.6. The highest BCUT2D eigenvalue weighted by molar-refractivity contribution is 9.10. The Morgan fingerprint density at radius 1 is 1.16 bits per heavy atom. The van der Waals surface area contributed by atoms with E-state index < -0.39 is 0 Å². The van der Waals surface area contributed by atoms with E-state index in [-0.39, 0.29) is 18.7 Å². The normalized spacial score (nSPS) is 10.9.